The third kappa shape index (κ3) is 2.72. The van der Waals surface area contributed by atoms with Crippen molar-refractivity contribution in [3.05, 3.63) is 78.8 Å². The van der Waals surface area contributed by atoms with Crippen molar-refractivity contribution >= 4 is 17.2 Å². The largest absolute Gasteiger partial charge is 0.305 e. The number of carbonyl (C=O) groups is 1. The van der Waals surface area contributed by atoms with Gasteiger partial charge in [0.2, 0.25) is 0 Å². The summed E-state index contributed by atoms with van der Waals surface area (Å²) < 4.78 is 15.9. The van der Waals surface area contributed by atoms with Crippen molar-refractivity contribution in [1.29, 1.82) is 0 Å². The van der Waals surface area contributed by atoms with Gasteiger partial charge < -0.3 is 5.32 Å². The van der Waals surface area contributed by atoms with Crippen LogP contribution in [0.1, 0.15) is 10.5 Å². The van der Waals surface area contributed by atoms with Crippen LogP contribution in [0.3, 0.4) is 0 Å². The molecule has 3 aromatic heterocycles. The lowest BCUT2D eigenvalue weighted by atomic mass is 10.2. The standard InChI is InChI=1S/C18H12FN5O/c19-13-6-2-1-5-12(13)17-23-16(14-7-3-4-10-24(14)17)18(25)22-15-8-9-20-11-21-15/h1-11H,(H,20,21,22,25). The molecule has 0 atom stereocenters. The monoisotopic (exact) mass is 333 g/mol. The lowest BCUT2D eigenvalue weighted by molar-refractivity contribution is 0.102. The van der Waals surface area contributed by atoms with E-state index in [0.717, 1.165) is 0 Å². The maximum atomic E-state index is 14.2. The Bertz CT molecular complexity index is 1060. The second-order valence-corrected chi connectivity index (χ2v) is 5.27. The van der Waals surface area contributed by atoms with Crippen LogP contribution in [-0.2, 0) is 0 Å². The van der Waals surface area contributed by atoms with E-state index in [9.17, 15) is 9.18 Å². The molecule has 4 aromatic rings. The number of rotatable bonds is 3. The van der Waals surface area contributed by atoms with Crippen LogP contribution in [0.25, 0.3) is 16.9 Å². The second kappa shape index (κ2) is 6.12. The number of hydrogen-bond acceptors (Lipinski definition) is 4. The minimum Gasteiger partial charge on any atom is -0.305 e. The van der Waals surface area contributed by atoms with Gasteiger partial charge in [0.05, 0.1) is 11.1 Å². The molecule has 0 aliphatic carbocycles. The number of amides is 1. The highest BCUT2D eigenvalue weighted by molar-refractivity contribution is 6.07. The Morgan fingerprint density at radius 2 is 1.92 bits per heavy atom. The molecule has 0 aliphatic heterocycles. The normalized spacial score (nSPS) is 10.8. The highest BCUT2D eigenvalue weighted by atomic mass is 19.1. The van der Waals surface area contributed by atoms with Crippen LogP contribution >= 0.6 is 0 Å². The number of carbonyl (C=O) groups excluding carboxylic acids is 1. The van der Waals surface area contributed by atoms with E-state index in [0.29, 0.717) is 22.7 Å². The average Bonchev–Trinajstić information content (AvgIpc) is 3.03. The summed E-state index contributed by atoms with van der Waals surface area (Å²) in [6, 6.07) is 13.2. The van der Waals surface area contributed by atoms with Gasteiger partial charge in [0.15, 0.2) is 5.69 Å². The van der Waals surface area contributed by atoms with Crippen LogP contribution in [-0.4, -0.2) is 25.3 Å². The van der Waals surface area contributed by atoms with Crippen LogP contribution in [0.15, 0.2) is 67.3 Å². The number of pyridine rings is 1. The van der Waals surface area contributed by atoms with Crippen molar-refractivity contribution in [2.45, 2.75) is 0 Å². The molecule has 0 unspecified atom stereocenters. The SMILES string of the molecule is O=C(Nc1ccncn1)c1nc(-c2ccccc2F)n2ccccc12. The highest BCUT2D eigenvalue weighted by Crippen LogP contribution is 2.25. The van der Waals surface area contributed by atoms with Crippen molar-refractivity contribution in [2.24, 2.45) is 0 Å². The molecule has 1 amide bonds. The molecule has 0 saturated heterocycles. The van der Waals surface area contributed by atoms with Gasteiger partial charge in [0.25, 0.3) is 5.91 Å². The maximum absolute atomic E-state index is 14.2. The molecule has 7 heteroatoms. The number of fused-ring (bicyclic) bond motifs is 1. The number of hydrogen-bond donors (Lipinski definition) is 1. The third-order valence-corrected chi connectivity index (χ3v) is 3.70. The molecular weight excluding hydrogens is 321 g/mol. The van der Waals surface area contributed by atoms with Crippen molar-refractivity contribution in [3.8, 4) is 11.4 Å². The first-order valence-corrected chi connectivity index (χ1v) is 7.53. The summed E-state index contributed by atoms with van der Waals surface area (Å²) >= 11 is 0. The number of anilines is 1. The Morgan fingerprint density at radius 3 is 2.72 bits per heavy atom. The van der Waals surface area contributed by atoms with Crippen molar-refractivity contribution < 1.29 is 9.18 Å². The average molecular weight is 333 g/mol. The Kier molecular flexibility index (Phi) is 3.66. The van der Waals surface area contributed by atoms with E-state index in [-0.39, 0.29) is 5.69 Å². The van der Waals surface area contributed by atoms with Gasteiger partial charge in [-0.15, -0.1) is 0 Å². The zero-order valence-corrected chi connectivity index (χ0v) is 12.9. The molecule has 1 aromatic carbocycles. The number of nitrogens with one attached hydrogen (secondary N) is 1. The fourth-order valence-electron chi connectivity index (χ4n) is 2.58. The van der Waals surface area contributed by atoms with Gasteiger partial charge in [0, 0.05) is 12.4 Å². The smallest absolute Gasteiger partial charge is 0.277 e. The molecule has 0 saturated carbocycles. The van der Waals surface area contributed by atoms with Gasteiger partial charge >= 0.3 is 0 Å². The van der Waals surface area contributed by atoms with Crippen molar-refractivity contribution in [1.82, 2.24) is 19.4 Å². The van der Waals surface area contributed by atoms with E-state index in [1.54, 1.807) is 53.1 Å². The molecule has 4 rings (SSSR count). The molecule has 0 bridgehead atoms. The molecule has 0 radical (unpaired) electrons. The van der Waals surface area contributed by atoms with E-state index < -0.39 is 11.7 Å². The van der Waals surface area contributed by atoms with Crippen LogP contribution < -0.4 is 5.32 Å². The molecule has 0 fully saturated rings. The first-order valence-electron chi connectivity index (χ1n) is 7.53. The zero-order valence-electron chi connectivity index (χ0n) is 12.9. The van der Waals surface area contributed by atoms with Gasteiger partial charge in [-0.3, -0.25) is 9.20 Å². The molecule has 1 N–H and O–H groups in total. The summed E-state index contributed by atoms with van der Waals surface area (Å²) in [4.78, 5) is 24.8. The number of imidazole rings is 1. The Hall–Kier alpha value is -3.61. The fraction of sp³-hybridized carbons (Fsp3) is 0. The van der Waals surface area contributed by atoms with Gasteiger partial charge in [-0.2, -0.15) is 0 Å². The van der Waals surface area contributed by atoms with Crippen LogP contribution in [0, 0.1) is 5.82 Å². The number of benzene rings is 1. The number of halogens is 1. The van der Waals surface area contributed by atoms with Gasteiger partial charge in [-0.05, 0) is 30.3 Å². The van der Waals surface area contributed by atoms with E-state index >= 15 is 0 Å². The van der Waals surface area contributed by atoms with E-state index in [2.05, 4.69) is 20.3 Å². The quantitative estimate of drug-likeness (QED) is 0.625. The lowest BCUT2D eigenvalue weighted by Crippen LogP contribution is -2.13. The van der Waals surface area contributed by atoms with Gasteiger partial charge in [0.1, 0.15) is 23.8 Å². The Morgan fingerprint density at radius 1 is 1.08 bits per heavy atom. The summed E-state index contributed by atoms with van der Waals surface area (Å²) in [7, 11) is 0. The number of nitrogens with zero attached hydrogens (tertiary/aromatic N) is 4. The van der Waals surface area contributed by atoms with Gasteiger partial charge in [-0.25, -0.2) is 19.3 Å². The summed E-state index contributed by atoms with van der Waals surface area (Å²) in [6.07, 6.45) is 4.61. The molecular formula is C18H12FN5O. The minimum atomic E-state index is -0.426. The maximum Gasteiger partial charge on any atom is 0.277 e. The van der Waals surface area contributed by atoms with Crippen molar-refractivity contribution in [2.75, 3.05) is 5.32 Å². The molecule has 0 spiro atoms. The van der Waals surface area contributed by atoms with E-state index in [1.807, 2.05) is 0 Å². The Labute approximate surface area is 142 Å². The second-order valence-electron chi connectivity index (χ2n) is 5.27. The fourth-order valence-corrected chi connectivity index (χ4v) is 2.58. The number of aromatic nitrogens is 4. The predicted octanol–water partition coefficient (Wildman–Crippen LogP) is 3.18. The van der Waals surface area contributed by atoms with Gasteiger partial charge in [-0.1, -0.05) is 18.2 Å². The first-order chi connectivity index (χ1) is 12.2. The van der Waals surface area contributed by atoms with E-state index in [4.69, 9.17) is 0 Å². The van der Waals surface area contributed by atoms with Crippen molar-refractivity contribution in [3.63, 3.8) is 0 Å². The third-order valence-electron chi connectivity index (χ3n) is 3.70. The summed E-state index contributed by atoms with van der Waals surface area (Å²) in [6.45, 7) is 0. The summed E-state index contributed by atoms with van der Waals surface area (Å²) in [5, 5.41) is 2.67. The van der Waals surface area contributed by atoms with Crippen LogP contribution in [0.2, 0.25) is 0 Å². The molecule has 25 heavy (non-hydrogen) atoms. The van der Waals surface area contributed by atoms with Crippen LogP contribution in [0.5, 0.6) is 0 Å². The molecule has 3 heterocycles. The van der Waals surface area contributed by atoms with Crippen LogP contribution in [0.4, 0.5) is 10.2 Å². The topological polar surface area (TPSA) is 72.2 Å². The highest BCUT2D eigenvalue weighted by Gasteiger charge is 2.20. The minimum absolute atomic E-state index is 0.192. The Balaban J connectivity index is 1.83. The molecule has 122 valence electrons. The lowest BCUT2D eigenvalue weighted by Gasteiger charge is -2.02. The van der Waals surface area contributed by atoms with E-state index in [1.165, 1.54) is 18.6 Å². The molecule has 0 aliphatic rings. The summed E-state index contributed by atoms with van der Waals surface area (Å²) in [5.41, 5.74) is 1.09. The summed E-state index contributed by atoms with van der Waals surface area (Å²) in [5.74, 6) is -0.0999. The molecule has 6 nitrogen and oxygen atoms in total. The first kappa shape index (κ1) is 14.9. The predicted molar refractivity (Wildman–Crippen MR) is 90.6 cm³/mol. The zero-order chi connectivity index (χ0) is 17.2.